The second-order valence-corrected chi connectivity index (χ2v) is 9.08. The highest BCUT2D eigenvalue weighted by Gasteiger charge is 2.57. The number of hydrogen-bond donors (Lipinski definition) is 0. The van der Waals surface area contributed by atoms with Gasteiger partial charge in [0.1, 0.15) is 0 Å². The minimum Gasteiger partial charge on any atom is -0.289 e. The van der Waals surface area contributed by atoms with Crippen molar-refractivity contribution in [2.24, 2.45) is 0 Å². The molecule has 4 aromatic rings. The molecular weight excluding hydrogens is 386 g/mol. The van der Waals surface area contributed by atoms with Crippen LogP contribution >= 0.6 is 0 Å². The lowest BCUT2D eigenvalue weighted by atomic mass is 9.96. The highest BCUT2D eigenvalue weighted by atomic mass is 15.2. The van der Waals surface area contributed by atoms with Gasteiger partial charge < -0.3 is 0 Å². The molecule has 4 aromatic carbocycles. The van der Waals surface area contributed by atoms with Crippen LogP contribution in [-0.4, -0.2) is 10.4 Å². The number of aryl methyl sites for hydroxylation is 1. The molecule has 5 rings (SSSR count). The quantitative estimate of drug-likeness (QED) is 0.277. The second kappa shape index (κ2) is 9.54. The number of hydrogen-bond acceptors (Lipinski definition) is 1. The van der Waals surface area contributed by atoms with Crippen molar-refractivity contribution in [2.75, 3.05) is 0 Å². The fourth-order valence-electron chi connectivity index (χ4n) is 5.18. The van der Waals surface area contributed by atoms with Gasteiger partial charge in [-0.3, -0.25) is 4.90 Å². The molecule has 0 amide bonds. The van der Waals surface area contributed by atoms with Gasteiger partial charge in [-0.1, -0.05) is 121 Å². The molecule has 1 saturated carbocycles. The zero-order valence-corrected chi connectivity index (χ0v) is 18.6. The van der Waals surface area contributed by atoms with Gasteiger partial charge in [-0.15, -0.1) is 0 Å². The van der Waals surface area contributed by atoms with E-state index in [9.17, 15) is 0 Å². The third-order valence-corrected chi connectivity index (χ3v) is 7.00. The van der Waals surface area contributed by atoms with Crippen LogP contribution in [0.25, 0.3) is 0 Å². The summed E-state index contributed by atoms with van der Waals surface area (Å²) in [7, 11) is 0. The molecule has 1 aliphatic carbocycles. The van der Waals surface area contributed by atoms with Gasteiger partial charge in [0.15, 0.2) is 0 Å². The van der Waals surface area contributed by atoms with Crippen LogP contribution < -0.4 is 0 Å². The molecule has 1 fully saturated rings. The molecule has 1 heteroatoms. The van der Waals surface area contributed by atoms with Gasteiger partial charge >= 0.3 is 0 Å². The molecule has 0 spiro atoms. The molecule has 1 aliphatic rings. The Balaban J connectivity index is 1.47. The van der Waals surface area contributed by atoms with E-state index < -0.39 is 0 Å². The molecule has 0 unspecified atom stereocenters. The summed E-state index contributed by atoms with van der Waals surface area (Å²) in [6, 6.07) is 44.0. The topological polar surface area (TPSA) is 3.24 Å². The van der Waals surface area contributed by atoms with Crippen LogP contribution in [0, 0.1) is 0 Å². The Morgan fingerprint density at radius 2 is 1.00 bits per heavy atom. The zero-order valence-electron chi connectivity index (χ0n) is 18.6. The van der Waals surface area contributed by atoms with Gasteiger partial charge in [0, 0.05) is 24.5 Å². The predicted octanol–water partition coefficient (Wildman–Crippen LogP) is 7.25. The predicted molar refractivity (Wildman–Crippen MR) is 133 cm³/mol. The van der Waals surface area contributed by atoms with Crippen LogP contribution in [0.5, 0.6) is 0 Å². The van der Waals surface area contributed by atoms with Gasteiger partial charge in [0.05, 0.1) is 0 Å². The highest BCUT2D eigenvalue weighted by molar-refractivity contribution is 5.35. The van der Waals surface area contributed by atoms with Gasteiger partial charge in [0.25, 0.3) is 0 Å². The number of nitrogens with zero attached hydrogens (tertiary/aromatic N) is 1. The van der Waals surface area contributed by atoms with Crippen molar-refractivity contribution >= 4 is 0 Å². The third kappa shape index (κ3) is 4.69. The average molecular weight is 418 g/mol. The Morgan fingerprint density at radius 1 is 0.562 bits per heavy atom. The number of rotatable bonds is 9. The molecule has 2 atom stereocenters. The summed E-state index contributed by atoms with van der Waals surface area (Å²) in [5, 5.41) is 0. The molecule has 32 heavy (non-hydrogen) atoms. The van der Waals surface area contributed by atoms with E-state index in [2.05, 4.69) is 126 Å². The summed E-state index contributed by atoms with van der Waals surface area (Å²) < 4.78 is 0. The summed E-state index contributed by atoms with van der Waals surface area (Å²) in [6.45, 7) is 1.96. The molecule has 0 heterocycles. The standard InChI is InChI=1S/C31H31N/c1-5-13-26(14-6-1)21-22-31(23-30(31)29-19-11-4-12-20-29)32(24-27-15-7-2-8-16-27)25-28-17-9-3-10-18-28/h1-20,30H,21-25H2/t30-,31+/m0/s1. The molecule has 0 saturated heterocycles. The number of benzene rings is 4. The first kappa shape index (κ1) is 20.7. The zero-order chi connectivity index (χ0) is 21.6. The molecule has 0 N–H and O–H groups in total. The summed E-state index contributed by atoms with van der Waals surface area (Å²) in [5.74, 6) is 0.583. The van der Waals surface area contributed by atoms with E-state index in [0.29, 0.717) is 5.92 Å². The largest absolute Gasteiger partial charge is 0.289 e. The SMILES string of the molecule is c1ccc(CC[C@@]2(N(Cc3ccccc3)Cc3ccccc3)C[C@H]2c2ccccc2)cc1. The third-order valence-electron chi connectivity index (χ3n) is 7.00. The van der Waals surface area contributed by atoms with E-state index in [1.807, 2.05) is 0 Å². The van der Waals surface area contributed by atoms with Gasteiger partial charge in [0.2, 0.25) is 0 Å². The van der Waals surface area contributed by atoms with Crippen molar-refractivity contribution < 1.29 is 0 Å². The van der Waals surface area contributed by atoms with Gasteiger partial charge in [-0.25, -0.2) is 0 Å². The minimum atomic E-state index is 0.183. The van der Waals surface area contributed by atoms with Gasteiger partial charge in [-0.05, 0) is 41.5 Å². The van der Waals surface area contributed by atoms with Crippen molar-refractivity contribution in [3.05, 3.63) is 144 Å². The molecule has 160 valence electrons. The van der Waals surface area contributed by atoms with Crippen LogP contribution in [0.3, 0.4) is 0 Å². The Labute approximate surface area is 192 Å². The average Bonchev–Trinajstić information content (AvgIpc) is 3.61. The normalized spacial score (nSPS) is 19.7. The van der Waals surface area contributed by atoms with Crippen molar-refractivity contribution in [3.63, 3.8) is 0 Å². The van der Waals surface area contributed by atoms with Crippen LogP contribution in [0.2, 0.25) is 0 Å². The summed E-state index contributed by atoms with van der Waals surface area (Å²) >= 11 is 0. The maximum Gasteiger partial charge on any atom is 0.0295 e. The smallest absolute Gasteiger partial charge is 0.0295 e. The first-order valence-corrected chi connectivity index (χ1v) is 11.8. The summed E-state index contributed by atoms with van der Waals surface area (Å²) in [5.41, 5.74) is 5.88. The minimum absolute atomic E-state index is 0.183. The Hall–Kier alpha value is -3.16. The highest BCUT2D eigenvalue weighted by Crippen LogP contribution is 2.58. The molecule has 0 bridgehead atoms. The van der Waals surface area contributed by atoms with E-state index in [1.165, 1.54) is 35.1 Å². The van der Waals surface area contributed by atoms with E-state index in [0.717, 1.165) is 19.5 Å². The molecule has 1 nitrogen and oxygen atoms in total. The second-order valence-electron chi connectivity index (χ2n) is 9.08. The Kier molecular flexibility index (Phi) is 6.18. The van der Waals surface area contributed by atoms with E-state index in [4.69, 9.17) is 0 Å². The Bertz CT molecular complexity index is 1050. The maximum atomic E-state index is 2.76. The first-order valence-electron chi connectivity index (χ1n) is 11.8. The lowest BCUT2D eigenvalue weighted by Gasteiger charge is -2.34. The van der Waals surface area contributed by atoms with Crippen LogP contribution in [-0.2, 0) is 19.5 Å². The van der Waals surface area contributed by atoms with E-state index in [-0.39, 0.29) is 5.54 Å². The van der Waals surface area contributed by atoms with E-state index >= 15 is 0 Å². The fraction of sp³-hybridized carbons (Fsp3) is 0.226. The van der Waals surface area contributed by atoms with Crippen LogP contribution in [0.15, 0.2) is 121 Å². The van der Waals surface area contributed by atoms with Gasteiger partial charge in [-0.2, -0.15) is 0 Å². The monoisotopic (exact) mass is 417 g/mol. The van der Waals surface area contributed by atoms with Crippen molar-refractivity contribution in [1.82, 2.24) is 4.90 Å². The lowest BCUT2D eigenvalue weighted by molar-refractivity contribution is 0.143. The maximum absolute atomic E-state index is 2.76. The molecule has 0 aromatic heterocycles. The fourth-order valence-corrected chi connectivity index (χ4v) is 5.18. The van der Waals surface area contributed by atoms with E-state index in [1.54, 1.807) is 0 Å². The molecule has 0 aliphatic heterocycles. The van der Waals surface area contributed by atoms with Crippen LogP contribution in [0.1, 0.15) is 41.0 Å². The molecular formula is C31H31N. The van der Waals surface area contributed by atoms with Crippen LogP contribution in [0.4, 0.5) is 0 Å². The summed E-state index contributed by atoms with van der Waals surface area (Å²) in [4.78, 5) is 2.76. The lowest BCUT2D eigenvalue weighted by Crippen LogP contribution is -2.38. The molecule has 0 radical (unpaired) electrons. The first-order chi connectivity index (χ1) is 15.8. The Morgan fingerprint density at radius 3 is 1.50 bits per heavy atom. The van der Waals surface area contributed by atoms with Crippen molar-refractivity contribution in [2.45, 2.75) is 43.8 Å². The van der Waals surface area contributed by atoms with Crippen molar-refractivity contribution in [1.29, 1.82) is 0 Å². The summed E-state index contributed by atoms with van der Waals surface area (Å²) in [6.07, 6.45) is 3.52. The van der Waals surface area contributed by atoms with Crippen molar-refractivity contribution in [3.8, 4) is 0 Å².